The predicted octanol–water partition coefficient (Wildman–Crippen LogP) is 19.5. The van der Waals surface area contributed by atoms with Gasteiger partial charge in [-0.05, 0) is 169 Å². The van der Waals surface area contributed by atoms with E-state index in [1.54, 1.807) is 0 Å². The first-order valence-corrected chi connectivity index (χ1v) is 24.6. The van der Waals surface area contributed by atoms with Crippen molar-refractivity contribution in [3.63, 3.8) is 0 Å². The van der Waals surface area contributed by atoms with Crippen molar-refractivity contribution in [2.45, 2.75) is 34.6 Å². The summed E-state index contributed by atoms with van der Waals surface area (Å²) in [6.07, 6.45) is 8.72. The topological polar surface area (TPSA) is 6.48 Å². The van der Waals surface area contributed by atoms with Crippen molar-refractivity contribution >= 4 is 58.4 Å². The van der Waals surface area contributed by atoms with Crippen molar-refractivity contribution in [1.82, 2.24) is 0 Å². The summed E-state index contributed by atoms with van der Waals surface area (Å²) in [6.45, 7) is 10.7. The molecular weight excluding hydrogens is 857 g/mol. The largest absolute Gasteiger partial charge is 0.311 e. The molecule has 0 aromatic heterocycles. The second-order valence-corrected chi connectivity index (χ2v) is 18.7. The highest BCUT2D eigenvalue weighted by molar-refractivity contribution is 5.95. The number of benzene rings is 10. The number of nitrogens with zero attached hydrogens (tertiary/aromatic N) is 2. The summed E-state index contributed by atoms with van der Waals surface area (Å²) < 4.78 is 0. The molecule has 0 amide bonds. The maximum Gasteiger partial charge on any atom is 0.0468 e. The summed E-state index contributed by atoms with van der Waals surface area (Å²) in [5.41, 5.74) is 24.5. The summed E-state index contributed by atoms with van der Waals surface area (Å²) >= 11 is 0. The molecule has 0 saturated carbocycles. The van der Waals surface area contributed by atoms with Gasteiger partial charge in [0.25, 0.3) is 0 Å². The zero-order valence-electron chi connectivity index (χ0n) is 41.2. The van der Waals surface area contributed by atoms with Crippen molar-refractivity contribution in [3.05, 3.63) is 287 Å². The molecule has 10 rings (SSSR count). The Bertz CT molecular complexity index is 3450. The Balaban J connectivity index is 1.03. The van der Waals surface area contributed by atoms with Crippen LogP contribution in [-0.2, 0) is 0 Å². The van der Waals surface area contributed by atoms with Crippen molar-refractivity contribution < 1.29 is 0 Å². The van der Waals surface area contributed by atoms with E-state index in [0.717, 1.165) is 50.8 Å². The lowest BCUT2D eigenvalue weighted by molar-refractivity contribution is 1.27. The standard InChI is InChI=1S/C69H58N2/c1-49-14-22-54(23-15-49)26-28-56-30-40-61(41-31-56)70(59-36-18-51(3)19-37-59)63-44-34-58(35-45-63)66-12-8-9-13-67(66)69-48-64(46-47-68(69)65-11-7-6-10-53(65)5)71(60-38-20-52(4)21-39-60)62-42-32-57(33-43-62)29-27-55-24-16-50(2)17-25-55/h6-48H,1-5H3/b28-26+,29-27+. The highest BCUT2D eigenvalue weighted by Gasteiger charge is 2.20. The van der Waals surface area contributed by atoms with E-state index in [2.05, 4.69) is 305 Å². The van der Waals surface area contributed by atoms with Gasteiger partial charge in [0.1, 0.15) is 0 Å². The Morgan fingerprint density at radius 3 is 0.958 bits per heavy atom. The van der Waals surface area contributed by atoms with Crippen LogP contribution >= 0.6 is 0 Å². The van der Waals surface area contributed by atoms with Crippen molar-refractivity contribution in [1.29, 1.82) is 0 Å². The molecule has 71 heavy (non-hydrogen) atoms. The van der Waals surface area contributed by atoms with E-state index in [1.807, 2.05) is 0 Å². The minimum absolute atomic E-state index is 1.08. The molecule has 0 heterocycles. The summed E-state index contributed by atoms with van der Waals surface area (Å²) in [5, 5.41) is 0. The Labute approximate surface area is 420 Å². The van der Waals surface area contributed by atoms with Gasteiger partial charge in [0.15, 0.2) is 0 Å². The quantitative estimate of drug-likeness (QED) is 0.106. The van der Waals surface area contributed by atoms with Crippen LogP contribution in [0.15, 0.2) is 237 Å². The minimum Gasteiger partial charge on any atom is -0.311 e. The van der Waals surface area contributed by atoms with Gasteiger partial charge in [-0.2, -0.15) is 0 Å². The molecular formula is C69H58N2. The molecule has 0 aliphatic carbocycles. The van der Waals surface area contributed by atoms with E-state index in [0.29, 0.717) is 0 Å². The third-order valence-electron chi connectivity index (χ3n) is 13.3. The number of hydrogen-bond acceptors (Lipinski definition) is 2. The predicted molar refractivity (Wildman–Crippen MR) is 307 cm³/mol. The van der Waals surface area contributed by atoms with Crippen LogP contribution in [-0.4, -0.2) is 0 Å². The van der Waals surface area contributed by atoms with Gasteiger partial charge in [-0.1, -0.05) is 210 Å². The average molecular weight is 915 g/mol. The molecule has 10 aromatic carbocycles. The van der Waals surface area contributed by atoms with Gasteiger partial charge in [-0.25, -0.2) is 0 Å². The molecule has 0 bridgehead atoms. The van der Waals surface area contributed by atoms with Crippen molar-refractivity contribution in [2.75, 3.05) is 9.80 Å². The van der Waals surface area contributed by atoms with Crippen LogP contribution in [0, 0.1) is 34.6 Å². The first kappa shape index (κ1) is 46.0. The van der Waals surface area contributed by atoms with E-state index in [-0.39, 0.29) is 0 Å². The smallest absolute Gasteiger partial charge is 0.0468 e. The first-order valence-electron chi connectivity index (χ1n) is 24.6. The molecule has 0 aliphatic heterocycles. The molecule has 0 radical (unpaired) electrons. The number of aryl methyl sites for hydroxylation is 5. The second kappa shape index (κ2) is 20.9. The number of rotatable bonds is 13. The SMILES string of the molecule is Cc1ccc(/C=C/c2ccc(N(c3ccc(C)cc3)c3ccc(-c4ccccc4-c4cc(N(c5ccc(C)cc5)c5ccc(/C=C/c6ccc(C)cc6)cc5)ccc4-c4ccccc4C)cc3)cc2)cc1. The van der Waals surface area contributed by atoms with Crippen molar-refractivity contribution in [2.24, 2.45) is 0 Å². The van der Waals surface area contributed by atoms with Gasteiger partial charge in [0.05, 0.1) is 0 Å². The van der Waals surface area contributed by atoms with Crippen LogP contribution in [0.2, 0.25) is 0 Å². The van der Waals surface area contributed by atoms with Crippen LogP contribution in [0.4, 0.5) is 34.1 Å². The monoisotopic (exact) mass is 914 g/mol. The first-order chi connectivity index (χ1) is 34.7. The maximum atomic E-state index is 2.39. The third-order valence-corrected chi connectivity index (χ3v) is 13.3. The van der Waals surface area contributed by atoms with Gasteiger partial charge in [-0.3, -0.25) is 0 Å². The number of anilines is 6. The summed E-state index contributed by atoms with van der Waals surface area (Å²) in [6, 6.07) is 86.3. The molecule has 10 aromatic rings. The zero-order chi connectivity index (χ0) is 48.7. The lowest BCUT2D eigenvalue weighted by Crippen LogP contribution is -2.10. The Morgan fingerprint density at radius 1 is 0.239 bits per heavy atom. The zero-order valence-corrected chi connectivity index (χ0v) is 41.2. The van der Waals surface area contributed by atoms with E-state index in [9.17, 15) is 0 Å². The molecule has 2 nitrogen and oxygen atoms in total. The Kier molecular flexibility index (Phi) is 13.5. The van der Waals surface area contributed by atoms with Crippen LogP contribution in [0.1, 0.15) is 50.1 Å². The van der Waals surface area contributed by atoms with Crippen molar-refractivity contribution in [3.8, 4) is 33.4 Å². The third kappa shape index (κ3) is 10.6. The normalized spacial score (nSPS) is 11.3. The van der Waals surface area contributed by atoms with Gasteiger partial charge in [0, 0.05) is 34.1 Å². The molecule has 0 fully saturated rings. The van der Waals surface area contributed by atoms with Crippen LogP contribution in [0.25, 0.3) is 57.7 Å². The molecule has 2 heteroatoms. The van der Waals surface area contributed by atoms with E-state index in [4.69, 9.17) is 0 Å². The lowest BCUT2D eigenvalue weighted by atomic mass is 9.87. The number of hydrogen-bond donors (Lipinski definition) is 0. The molecule has 0 atom stereocenters. The van der Waals surface area contributed by atoms with Crippen LogP contribution in [0.5, 0.6) is 0 Å². The van der Waals surface area contributed by atoms with Gasteiger partial charge in [0.2, 0.25) is 0 Å². The lowest BCUT2D eigenvalue weighted by Gasteiger charge is -2.27. The molecule has 0 spiro atoms. The average Bonchev–Trinajstić information content (AvgIpc) is 3.41. The molecule has 0 N–H and O–H groups in total. The Morgan fingerprint density at radius 2 is 0.535 bits per heavy atom. The molecule has 0 unspecified atom stereocenters. The van der Waals surface area contributed by atoms with E-state index in [1.165, 1.54) is 66.8 Å². The van der Waals surface area contributed by atoms with Gasteiger partial charge in [-0.15, -0.1) is 0 Å². The highest BCUT2D eigenvalue weighted by Crippen LogP contribution is 2.45. The molecule has 344 valence electrons. The van der Waals surface area contributed by atoms with E-state index < -0.39 is 0 Å². The summed E-state index contributed by atoms with van der Waals surface area (Å²) in [5.74, 6) is 0. The van der Waals surface area contributed by atoms with Gasteiger partial charge >= 0.3 is 0 Å². The maximum absolute atomic E-state index is 2.39. The van der Waals surface area contributed by atoms with Gasteiger partial charge < -0.3 is 9.80 Å². The van der Waals surface area contributed by atoms with Crippen LogP contribution < -0.4 is 9.80 Å². The molecule has 0 saturated heterocycles. The van der Waals surface area contributed by atoms with Crippen LogP contribution in [0.3, 0.4) is 0 Å². The highest BCUT2D eigenvalue weighted by atomic mass is 15.1. The summed E-state index contributed by atoms with van der Waals surface area (Å²) in [7, 11) is 0. The molecule has 0 aliphatic rings. The minimum atomic E-state index is 1.08. The van der Waals surface area contributed by atoms with E-state index >= 15 is 0 Å². The fourth-order valence-corrected chi connectivity index (χ4v) is 9.26. The Hall–Kier alpha value is -8.72. The second-order valence-electron chi connectivity index (χ2n) is 18.7. The summed E-state index contributed by atoms with van der Waals surface area (Å²) in [4.78, 5) is 4.72. The fraction of sp³-hybridized carbons (Fsp3) is 0.0725. The fourth-order valence-electron chi connectivity index (χ4n) is 9.26.